The predicted molar refractivity (Wildman–Crippen MR) is 44.7 cm³/mol. The number of aryl methyl sites for hydroxylation is 1. The van der Waals surface area contributed by atoms with Crippen LogP contribution in [-0.4, -0.2) is 18.0 Å². The van der Waals surface area contributed by atoms with Crippen LogP contribution in [0.4, 0.5) is 0 Å². The molecule has 0 radical (unpaired) electrons. The molecule has 0 atom stereocenters. The second-order valence-electron chi connectivity index (χ2n) is 2.44. The summed E-state index contributed by atoms with van der Waals surface area (Å²) in [6.45, 7) is 2.61. The van der Waals surface area contributed by atoms with Gasteiger partial charge in [0.15, 0.2) is 0 Å². The molecule has 0 unspecified atom stereocenters. The maximum absolute atomic E-state index is 10.7. The lowest BCUT2D eigenvalue weighted by atomic mass is 10.6. The Morgan fingerprint density at radius 1 is 1.67 bits per heavy atom. The number of primary sulfonamides is 1. The van der Waals surface area contributed by atoms with Crippen LogP contribution in [0.15, 0.2) is 12.4 Å². The molecule has 2 N–H and O–H groups in total. The Kier molecular flexibility index (Phi) is 2.49. The van der Waals surface area contributed by atoms with E-state index < -0.39 is 10.0 Å². The lowest BCUT2D eigenvalue weighted by Gasteiger charge is -2.01. The third-order valence-corrected chi connectivity index (χ3v) is 2.13. The van der Waals surface area contributed by atoms with Gasteiger partial charge in [0.05, 0.1) is 0 Å². The highest BCUT2D eigenvalue weighted by molar-refractivity contribution is 7.88. The van der Waals surface area contributed by atoms with E-state index in [4.69, 9.17) is 5.14 Å². The number of nitrogens with zero attached hydrogens (tertiary/aromatic N) is 2. The molecular formula is C6H11N3O2S. The van der Waals surface area contributed by atoms with Crippen molar-refractivity contribution in [3.05, 3.63) is 18.2 Å². The quantitative estimate of drug-likeness (QED) is 0.708. The molecule has 1 heterocycles. The maximum atomic E-state index is 10.7. The number of rotatable bonds is 3. The van der Waals surface area contributed by atoms with E-state index in [1.807, 2.05) is 6.92 Å². The largest absolute Gasteiger partial charge is 0.334 e. The summed E-state index contributed by atoms with van der Waals surface area (Å²) in [7, 11) is -3.46. The molecule has 0 spiro atoms. The molecule has 0 aliphatic rings. The van der Waals surface area contributed by atoms with Gasteiger partial charge in [-0.15, -0.1) is 0 Å². The van der Waals surface area contributed by atoms with Crippen molar-refractivity contribution in [1.29, 1.82) is 0 Å². The highest BCUT2D eigenvalue weighted by Gasteiger charge is 2.09. The number of hydrogen-bond donors (Lipinski definition) is 1. The Bertz CT molecular complexity index is 355. The van der Waals surface area contributed by atoms with Crippen LogP contribution in [0.5, 0.6) is 0 Å². The minimum absolute atomic E-state index is 0.201. The van der Waals surface area contributed by atoms with Gasteiger partial charge in [-0.2, -0.15) is 0 Å². The van der Waals surface area contributed by atoms with E-state index in [2.05, 4.69) is 4.98 Å². The minimum Gasteiger partial charge on any atom is -0.334 e. The summed E-state index contributed by atoms with van der Waals surface area (Å²) in [5, 5.41) is 4.87. The van der Waals surface area contributed by atoms with Gasteiger partial charge < -0.3 is 4.57 Å². The summed E-state index contributed by atoms with van der Waals surface area (Å²) in [6.07, 6.45) is 3.28. The first kappa shape index (κ1) is 9.21. The fourth-order valence-electron chi connectivity index (χ4n) is 0.948. The summed E-state index contributed by atoms with van der Waals surface area (Å²) in [5.41, 5.74) is 0. The van der Waals surface area contributed by atoms with Gasteiger partial charge in [-0.25, -0.2) is 18.5 Å². The summed E-state index contributed by atoms with van der Waals surface area (Å²) >= 11 is 0. The van der Waals surface area contributed by atoms with E-state index in [9.17, 15) is 8.42 Å². The van der Waals surface area contributed by atoms with Crippen molar-refractivity contribution < 1.29 is 8.42 Å². The Labute approximate surface area is 71.3 Å². The van der Waals surface area contributed by atoms with Crippen molar-refractivity contribution in [2.75, 3.05) is 0 Å². The fraction of sp³-hybridized carbons (Fsp3) is 0.500. The second kappa shape index (κ2) is 3.24. The van der Waals surface area contributed by atoms with Crippen LogP contribution >= 0.6 is 0 Å². The van der Waals surface area contributed by atoms with Crippen LogP contribution < -0.4 is 5.14 Å². The van der Waals surface area contributed by atoms with Crippen LogP contribution in [0.1, 0.15) is 12.7 Å². The van der Waals surface area contributed by atoms with Gasteiger partial charge in [-0.1, -0.05) is 0 Å². The van der Waals surface area contributed by atoms with E-state index in [1.54, 1.807) is 17.0 Å². The van der Waals surface area contributed by atoms with Gasteiger partial charge in [-0.3, -0.25) is 0 Å². The first-order valence-electron chi connectivity index (χ1n) is 3.53. The number of hydrogen-bond acceptors (Lipinski definition) is 3. The van der Waals surface area contributed by atoms with Crippen molar-refractivity contribution in [2.24, 2.45) is 5.14 Å². The van der Waals surface area contributed by atoms with Gasteiger partial charge in [-0.05, 0) is 6.92 Å². The molecule has 12 heavy (non-hydrogen) atoms. The van der Waals surface area contributed by atoms with Gasteiger partial charge in [0, 0.05) is 18.9 Å². The van der Waals surface area contributed by atoms with Crippen molar-refractivity contribution in [2.45, 2.75) is 19.2 Å². The van der Waals surface area contributed by atoms with E-state index in [-0.39, 0.29) is 5.75 Å². The van der Waals surface area contributed by atoms with Crippen LogP contribution in [0.3, 0.4) is 0 Å². The molecule has 68 valence electrons. The summed E-state index contributed by atoms with van der Waals surface area (Å²) < 4.78 is 23.1. The van der Waals surface area contributed by atoms with Crippen LogP contribution in [0.2, 0.25) is 0 Å². The van der Waals surface area contributed by atoms with E-state index in [0.717, 1.165) is 0 Å². The molecule has 0 bridgehead atoms. The molecule has 0 aliphatic heterocycles. The maximum Gasteiger partial charge on any atom is 0.216 e. The third kappa shape index (κ3) is 2.31. The average Bonchev–Trinajstić information content (AvgIpc) is 2.31. The lowest BCUT2D eigenvalue weighted by Crippen LogP contribution is -2.17. The van der Waals surface area contributed by atoms with E-state index in [1.165, 1.54) is 0 Å². The molecule has 0 saturated heterocycles. The van der Waals surface area contributed by atoms with Crippen molar-refractivity contribution in [3.63, 3.8) is 0 Å². The molecule has 1 aromatic heterocycles. The normalized spacial score (nSPS) is 11.8. The fourth-order valence-corrected chi connectivity index (χ4v) is 1.55. The Morgan fingerprint density at radius 2 is 2.33 bits per heavy atom. The van der Waals surface area contributed by atoms with Crippen molar-refractivity contribution in [1.82, 2.24) is 9.55 Å². The van der Waals surface area contributed by atoms with Gasteiger partial charge in [0.1, 0.15) is 11.6 Å². The van der Waals surface area contributed by atoms with Gasteiger partial charge in [0.2, 0.25) is 10.0 Å². The van der Waals surface area contributed by atoms with Gasteiger partial charge in [0.25, 0.3) is 0 Å². The number of aromatic nitrogens is 2. The molecular weight excluding hydrogens is 178 g/mol. The van der Waals surface area contributed by atoms with Gasteiger partial charge >= 0.3 is 0 Å². The number of imidazole rings is 1. The molecule has 0 aliphatic carbocycles. The first-order chi connectivity index (χ1) is 5.53. The molecule has 0 aromatic carbocycles. The molecule has 1 rings (SSSR count). The molecule has 0 saturated carbocycles. The van der Waals surface area contributed by atoms with E-state index >= 15 is 0 Å². The van der Waals surface area contributed by atoms with Crippen LogP contribution in [0, 0.1) is 0 Å². The van der Waals surface area contributed by atoms with Crippen molar-refractivity contribution in [3.8, 4) is 0 Å². The molecule has 6 heteroatoms. The second-order valence-corrected chi connectivity index (χ2v) is 4.05. The zero-order chi connectivity index (χ0) is 9.19. The standard InChI is InChI=1S/C6H11N3O2S/c1-2-9-4-3-8-6(9)5-12(7,10)11/h3-4H,2,5H2,1H3,(H2,7,10,11). The average molecular weight is 189 g/mol. The van der Waals surface area contributed by atoms with Crippen LogP contribution in [-0.2, 0) is 22.3 Å². The predicted octanol–water partition coefficient (Wildman–Crippen LogP) is -0.308. The minimum atomic E-state index is -3.46. The smallest absolute Gasteiger partial charge is 0.216 e. The lowest BCUT2D eigenvalue weighted by molar-refractivity contribution is 0.592. The zero-order valence-electron chi connectivity index (χ0n) is 6.77. The number of nitrogens with two attached hydrogens (primary N) is 1. The highest BCUT2D eigenvalue weighted by Crippen LogP contribution is 2.00. The van der Waals surface area contributed by atoms with E-state index in [0.29, 0.717) is 12.4 Å². The molecule has 1 aromatic rings. The Morgan fingerprint density at radius 3 is 2.83 bits per heavy atom. The highest BCUT2D eigenvalue weighted by atomic mass is 32.2. The Hall–Kier alpha value is -0.880. The zero-order valence-corrected chi connectivity index (χ0v) is 7.58. The molecule has 0 amide bonds. The molecule has 0 fully saturated rings. The topological polar surface area (TPSA) is 78.0 Å². The monoisotopic (exact) mass is 189 g/mol. The van der Waals surface area contributed by atoms with Crippen LogP contribution in [0.25, 0.3) is 0 Å². The third-order valence-electron chi connectivity index (χ3n) is 1.47. The Balaban J connectivity index is 2.89. The SMILES string of the molecule is CCn1ccnc1CS(N)(=O)=O. The summed E-state index contributed by atoms with van der Waals surface area (Å²) in [6, 6.07) is 0. The van der Waals surface area contributed by atoms with Crippen molar-refractivity contribution >= 4 is 10.0 Å². The molecule has 5 nitrogen and oxygen atoms in total. The number of sulfonamides is 1. The summed E-state index contributed by atoms with van der Waals surface area (Å²) in [5.74, 6) is 0.286. The first-order valence-corrected chi connectivity index (χ1v) is 5.25. The summed E-state index contributed by atoms with van der Waals surface area (Å²) in [4.78, 5) is 3.88.